The zero-order chi connectivity index (χ0) is 21.8. The van der Waals surface area contributed by atoms with Crippen molar-refractivity contribution in [2.24, 2.45) is 4.99 Å². The highest BCUT2D eigenvalue weighted by molar-refractivity contribution is 6.12. The SMILES string of the molecule is C1=Cc2cc3c4ccccc4n(C4[NH2+]c5ccccc5N=C4c4ccccc4)c3cc2CC1. The van der Waals surface area contributed by atoms with Gasteiger partial charge >= 0.3 is 0 Å². The molecule has 1 aliphatic carbocycles. The van der Waals surface area contributed by atoms with E-state index in [2.05, 4.69) is 113 Å². The van der Waals surface area contributed by atoms with Crippen LogP contribution < -0.4 is 5.32 Å². The van der Waals surface area contributed by atoms with E-state index in [4.69, 9.17) is 4.99 Å². The van der Waals surface area contributed by atoms with Crippen LogP contribution >= 0.6 is 0 Å². The molecule has 0 amide bonds. The van der Waals surface area contributed by atoms with E-state index in [0.717, 1.165) is 24.2 Å². The van der Waals surface area contributed by atoms with Crippen LogP contribution in [0, 0.1) is 0 Å². The topological polar surface area (TPSA) is 33.9 Å². The molecule has 5 aromatic rings. The first-order valence-corrected chi connectivity index (χ1v) is 11.7. The number of hydrogen-bond acceptors (Lipinski definition) is 1. The molecule has 158 valence electrons. The van der Waals surface area contributed by atoms with Gasteiger partial charge in [-0.25, -0.2) is 4.99 Å². The van der Waals surface area contributed by atoms with Gasteiger partial charge in [0.25, 0.3) is 0 Å². The summed E-state index contributed by atoms with van der Waals surface area (Å²) in [5.41, 5.74) is 9.81. The van der Waals surface area contributed by atoms with E-state index in [-0.39, 0.29) is 6.17 Å². The van der Waals surface area contributed by atoms with Gasteiger partial charge in [-0.05, 0) is 48.2 Å². The van der Waals surface area contributed by atoms with E-state index in [1.165, 1.54) is 44.2 Å². The zero-order valence-corrected chi connectivity index (χ0v) is 18.3. The number of nitrogens with two attached hydrogens (primary N) is 1. The summed E-state index contributed by atoms with van der Waals surface area (Å²) >= 11 is 0. The number of aromatic nitrogens is 1. The van der Waals surface area contributed by atoms with E-state index >= 15 is 0 Å². The zero-order valence-electron chi connectivity index (χ0n) is 18.3. The second-order valence-electron chi connectivity index (χ2n) is 8.93. The lowest BCUT2D eigenvalue weighted by Gasteiger charge is -2.26. The molecule has 2 aliphatic rings. The molecule has 4 aromatic carbocycles. The molecule has 0 saturated heterocycles. The number of benzene rings is 4. The molecule has 3 nitrogen and oxygen atoms in total. The van der Waals surface area contributed by atoms with Crippen molar-refractivity contribution in [2.75, 3.05) is 0 Å². The highest BCUT2D eigenvalue weighted by atomic mass is 15.2. The van der Waals surface area contributed by atoms with E-state index in [1.807, 2.05) is 0 Å². The van der Waals surface area contributed by atoms with E-state index in [0.29, 0.717) is 0 Å². The second kappa shape index (κ2) is 7.29. The Balaban J connectivity index is 1.54. The fraction of sp³-hybridized carbons (Fsp3) is 0.100. The van der Waals surface area contributed by atoms with Crippen LogP contribution in [-0.4, -0.2) is 10.3 Å². The number of aliphatic imine (C=N–C) groups is 1. The van der Waals surface area contributed by atoms with Crippen LogP contribution in [0.2, 0.25) is 0 Å². The molecular weight excluding hydrogens is 402 g/mol. The fourth-order valence-electron chi connectivity index (χ4n) is 5.44. The first kappa shape index (κ1) is 18.6. The molecule has 0 radical (unpaired) electrons. The lowest BCUT2D eigenvalue weighted by molar-refractivity contribution is -0.614. The number of para-hydroxylation sites is 3. The quantitative estimate of drug-likeness (QED) is 0.322. The second-order valence-corrected chi connectivity index (χ2v) is 8.93. The molecule has 1 aliphatic heterocycles. The number of quaternary nitrogens is 1. The lowest BCUT2D eigenvalue weighted by atomic mass is 9.95. The molecule has 33 heavy (non-hydrogen) atoms. The van der Waals surface area contributed by atoms with Crippen LogP contribution in [0.3, 0.4) is 0 Å². The maximum Gasteiger partial charge on any atom is 0.215 e. The van der Waals surface area contributed by atoms with Crippen LogP contribution in [0.5, 0.6) is 0 Å². The number of allylic oxidation sites excluding steroid dienone is 1. The summed E-state index contributed by atoms with van der Waals surface area (Å²) in [6.45, 7) is 0. The van der Waals surface area contributed by atoms with Crippen molar-refractivity contribution in [1.29, 1.82) is 0 Å². The summed E-state index contributed by atoms with van der Waals surface area (Å²) in [4.78, 5) is 5.21. The largest absolute Gasteiger partial charge is 0.287 e. The molecule has 2 N–H and O–H groups in total. The summed E-state index contributed by atoms with van der Waals surface area (Å²) in [7, 11) is 0. The normalized spacial score (nSPS) is 17.1. The predicted molar refractivity (Wildman–Crippen MR) is 137 cm³/mol. The van der Waals surface area contributed by atoms with Gasteiger partial charge in [-0.2, -0.15) is 0 Å². The number of fused-ring (bicyclic) bond motifs is 5. The Morgan fingerprint density at radius 2 is 1.61 bits per heavy atom. The highest BCUT2D eigenvalue weighted by Gasteiger charge is 2.32. The maximum atomic E-state index is 5.21. The standard InChI is InChI=1S/C30H23N3/c1-2-10-20(11-3-1)29-30(32-26-16-8-7-15-25(26)31-29)33-27-17-9-6-14-23(27)24-18-21-12-4-5-13-22(21)19-28(24)33/h1-4,6-12,14-19,30,32H,5,13H2/p+1. The van der Waals surface area contributed by atoms with Crippen molar-refractivity contribution in [3.05, 3.63) is 114 Å². The molecule has 2 heterocycles. The molecular formula is C30H24N3+. The lowest BCUT2D eigenvalue weighted by Crippen LogP contribution is -2.83. The molecule has 0 bridgehead atoms. The summed E-state index contributed by atoms with van der Waals surface area (Å²) in [6.07, 6.45) is 6.80. The Morgan fingerprint density at radius 3 is 2.55 bits per heavy atom. The predicted octanol–water partition coefficient (Wildman–Crippen LogP) is 6.28. The molecule has 7 rings (SSSR count). The monoisotopic (exact) mass is 426 g/mol. The molecule has 0 fully saturated rings. The summed E-state index contributed by atoms with van der Waals surface area (Å²) in [5.74, 6) is 0. The summed E-state index contributed by atoms with van der Waals surface area (Å²) < 4.78 is 2.50. The van der Waals surface area contributed by atoms with Crippen molar-refractivity contribution in [3.63, 3.8) is 0 Å². The minimum Gasteiger partial charge on any atom is -0.287 e. The summed E-state index contributed by atoms with van der Waals surface area (Å²) in [6, 6.07) is 32.7. The third-order valence-electron chi connectivity index (χ3n) is 6.99. The molecule has 0 spiro atoms. The summed E-state index contributed by atoms with van der Waals surface area (Å²) in [5, 5.41) is 5.00. The van der Waals surface area contributed by atoms with Gasteiger partial charge in [0.2, 0.25) is 6.17 Å². The van der Waals surface area contributed by atoms with Crippen molar-refractivity contribution >= 4 is 45.0 Å². The Kier molecular flexibility index (Phi) is 4.11. The van der Waals surface area contributed by atoms with Crippen molar-refractivity contribution in [1.82, 2.24) is 4.57 Å². The smallest absolute Gasteiger partial charge is 0.215 e. The van der Waals surface area contributed by atoms with Gasteiger partial charge in [-0.1, -0.05) is 72.8 Å². The third-order valence-corrected chi connectivity index (χ3v) is 6.99. The van der Waals surface area contributed by atoms with E-state index in [1.54, 1.807) is 0 Å². The van der Waals surface area contributed by atoms with Gasteiger partial charge in [-0.15, -0.1) is 0 Å². The molecule has 1 aromatic heterocycles. The van der Waals surface area contributed by atoms with Gasteiger partial charge in [0.15, 0.2) is 5.69 Å². The highest BCUT2D eigenvalue weighted by Crippen LogP contribution is 2.37. The minimum atomic E-state index is 0.0156. The van der Waals surface area contributed by atoms with Crippen LogP contribution in [0.15, 0.2) is 102 Å². The van der Waals surface area contributed by atoms with Gasteiger partial charge in [0, 0.05) is 22.4 Å². The molecule has 3 heteroatoms. The van der Waals surface area contributed by atoms with Gasteiger partial charge in [-0.3, -0.25) is 9.88 Å². The number of nitrogens with zero attached hydrogens (tertiary/aromatic N) is 2. The number of hydrogen-bond donors (Lipinski definition) is 1. The fourth-order valence-corrected chi connectivity index (χ4v) is 5.44. The number of rotatable bonds is 2. The Bertz CT molecular complexity index is 1590. The molecule has 0 saturated carbocycles. The van der Waals surface area contributed by atoms with Crippen LogP contribution in [0.1, 0.15) is 29.3 Å². The first-order valence-electron chi connectivity index (χ1n) is 11.7. The van der Waals surface area contributed by atoms with Crippen molar-refractivity contribution in [2.45, 2.75) is 19.0 Å². The number of aryl methyl sites for hydroxylation is 1. The van der Waals surface area contributed by atoms with E-state index in [9.17, 15) is 0 Å². The van der Waals surface area contributed by atoms with E-state index < -0.39 is 0 Å². The average molecular weight is 427 g/mol. The average Bonchev–Trinajstić information content (AvgIpc) is 3.20. The Hall–Kier alpha value is -3.95. The maximum absolute atomic E-state index is 5.21. The van der Waals surface area contributed by atoms with Crippen LogP contribution in [0.25, 0.3) is 27.9 Å². The minimum absolute atomic E-state index is 0.0156. The third kappa shape index (κ3) is 2.90. The van der Waals surface area contributed by atoms with Gasteiger partial charge in [0.05, 0.1) is 11.0 Å². The molecule has 1 unspecified atom stereocenters. The van der Waals surface area contributed by atoms with Gasteiger partial charge in [0.1, 0.15) is 11.4 Å². The Morgan fingerprint density at radius 1 is 0.788 bits per heavy atom. The van der Waals surface area contributed by atoms with Crippen LogP contribution in [0.4, 0.5) is 11.4 Å². The Labute approximate surface area is 192 Å². The van der Waals surface area contributed by atoms with Crippen LogP contribution in [-0.2, 0) is 6.42 Å². The molecule has 1 atom stereocenters. The first-order chi connectivity index (χ1) is 16.4. The van der Waals surface area contributed by atoms with Gasteiger partial charge < -0.3 is 0 Å². The van der Waals surface area contributed by atoms with Crippen molar-refractivity contribution < 1.29 is 5.32 Å². The van der Waals surface area contributed by atoms with Crippen molar-refractivity contribution in [3.8, 4) is 0 Å².